The lowest BCUT2D eigenvalue weighted by atomic mass is 10.0. The maximum absolute atomic E-state index is 13.3. The van der Waals surface area contributed by atoms with Gasteiger partial charge in [-0.1, -0.05) is 60.7 Å². The maximum atomic E-state index is 13.3. The van der Waals surface area contributed by atoms with Crippen LogP contribution in [0.2, 0.25) is 0 Å². The number of carbonyl (C=O) groups is 3. The number of amides is 2. The Bertz CT molecular complexity index is 946. The maximum Gasteiger partial charge on any atom is 0.408 e. The minimum atomic E-state index is -0.946. The van der Waals surface area contributed by atoms with E-state index in [0.29, 0.717) is 0 Å². The van der Waals surface area contributed by atoms with Crippen molar-refractivity contribution in [3.8, 4) is 0 Å². The van der Waals surface area contributed by atoms with Crippen LogP contribution in [-0.2, 0) is 31.9 Å². The number of ether oxygens (including phenoxy) is 2. The van der Waals surface area contributed by atoms with Crippen LogP contribution in [0, 0.1) is 0 Å². The molecule has 2 N–H and O–H groups in total. The van der Waals surface area contributed by atoms with Gasteiger partial charge in [-0.25, -0.2) is 9.59 Å². The number of esters is 1. The topological polar surface area (TPSA) is 93.7 Å². The molecule has 0 aromatic heterocycles. The minimum absolute atomic E-state index is 0.234. The van der Waals surface area contributed by atoms with E-state index in [1.165, 1.54) is 0 Å². The molecule has 7 nitrogen and oxygen atoms in total. The Balaban J connectivity index is 2.24. The fourth-order valence-electron chi connectivity index (χ4n) is 3.20. The zero-order valence-corrected chi connectivity index (χ0v) is 20.9. The molecule has 2 rings (SSSR count). The Labute approximate surface area is 202 Å². The largest absolute Gasteiger partial charge is 0.458 e. The molecule has 0 unspecified atom stereocenters. The van der Waals surface area contributed by atoms with Gasteiger partial charge < -0.3 is 20.1 Å². The molecular weight excluding hydrogens is 432 g/mol. The van der Waals surface area contributed by atoms with Crippen molar-refractivity contribution in [2.24, 2.45) is 0 Å². The van der Waals surface area contributed by atoms with E-state index in [4.69, 9.17) is 9.47 Å². The highest BCUT2D eigenvalue weighted by molar-refractivity contribution is 5.90. The van der Waals surface area contributed by atoms with E-state index in [2.05, 4.69) is 10.6 Å². The highest BCUT2D eigenvalue weighted by Crippen LogP contribution is 2.13. The van der Waals surface area contributed by atoms with E-state index < -0.39 is 41.3 Å². The van der Waals surface area contributed by atoms with Crippen LogP contribution in [0.15, 0.2) is 60.7 Å². The third-order valence-corrected chi connectivity index (χ3v) is 4.58. The number of hydrogen-bond donors (Lipinski definition) is 2. The van der Waals surface area contributed by atoms with Crippen molar-refractivity contribution < 1.29 is 23.9 Å². The summed E-state index contributed by atoms with van der Waals surface area (Å²) >= 11 is 0. The SMILES string of the molecule is CC(C)(C)OC(=O)N[C@@H](Cc1ccccc1)C(=O)N[C@@H](Cc1ccccc1)C(=O)OC(C)(C)C. The van der Waals surface area contributed by atoms with Gasteiger partial charge in [-0.05, 0) is 52.7 Å². The predicted molar refractivity (Wildman–Crippen MR) is 131 cm³/mol. The predicted octanol–water partition coefficient (Wildman–Crippen LogP) is 4.19. The van der Waals surface area contributed by atoms with Crippen molar-refractivity contribution in [3.63, 3.8) is 0 Å². The van der Waals surface area contributed by atoms with E-state index >= 15 is 0 Å². The lowest BCUT2D eigenvalue weighted by molar-refractivity contribution is -0.158. The van der Waals surface area contributed by atoms with Gasteiger partial charge in [0.25, 0.3) is 0 Å². The van der Waals surface area contributed by atoms with E-state index in [-0.39, 0.29) is 12.8 Å². The summed E-state index contributed by atoms with van der Waals surface area (Å²) < 4.78 is 10.9. The molecule has 7 heteroatoms. The average Bonchev–Trinajstić information content (AvgIpc) is 2.71. The number of hydrogen-bond acceptors (Lipinski definition) is 5. The molecule has 0 aliphatic heterocycles. The van der Waals surface area contributed by atoms with Gasteiger partial charge >= 0.3 is 12.1 Å². The van der Waals surface area contributed by atoms with Crippen LogP contribution in [0.1, 0.15) is 52.7 Å². The van der Waals surface area contributed by atoms with Gasteiger partial charge in [0, 0.05) is 12.8 Å². The number of carbonyl (C=O) groups excluding carboxylic acids is 3. The molecule has 2 amide bonds. The Kier molecular flexibility index (Phi) is 9.24. The van der Waals surface area contributed by atoms with Gasteiger partial charge in [-0.3, -0.25) is 4.79 Å². The monoisotopic (exact) mass is 468 g/mol. The molecule has 2 aromatic rings. The molecule has 0 bridgehead atoms. The molecule has 2 atom stereocenters. The fourth-order valence-corrected chi connectivity index (χ4v) is 3.20. The Morgan fingerprint density at radius 2 is 1.12 bits per heavy atom. The molecule has 184 valence electrons. The number of nitrogens with one attached hydrogen (secondary N) is 2. The van der Waals surface area contributed by atoms with Gasteiger partial charge in [0.15, 0.2) is 0 Å². The lowest BCUT2D eigenvalue weighted by Gasteiger charge is -2.27. The smallest absolute Gasteiger partial charge is 0.408 e. The van der Waals surface area contributed by atoms with Crippen molar-refractivity contribution in [1.29, 1.82) is 0 Å². The second kappa shape index (κ2) is 11.7. The van der Waals surface area contributed by atoms with Crippen LogP contribution < -0.4 is 10.6 Å². The third kappa shape index (κ3) is 10.1. The number of alkyl carbamates (subject to hydrolysis) is 1. The van der Waals surface area contributed by atoms with E-state index in [0.717, 1.165) is 11.1 Å². The third-order valence-electron chi connectivity index (χ3n) is 4.58. The van der Waals surface area contributed by atoms with Gasteiger partial charge in [0.05, 0.1) is 0 Å². The van der Waals surface area contributed by atoms with Crippen molar-refractivity contribution >= 4 is 18.0 Å². The lowest BCUT2D eigenvalue weighted by Crippen LogP contribution is -2.54. The van der Waals surface area contributed by atoms with Crippen LogP contribution in [-0.4, -0.2) is 41.3 Å². The molecular formula is C27H36N2O5. The summed E-state index contributed by atoms with van der Waals surface area (Å²) in [4.78, 5) is 38.7. The van der Waals surface area contributed by atoms with E-state index in [1.54, 1.807) is 41.5 Å². The quantitative estimate of drug-likeness (QED) is 0.567. The number of benzene rings is 2. The van der Waals surface area contributed by atoms with Crippen molar-refractivity contribution in [2.75, 3.05) is 0 Å². The molecule has 0 saturated heterocycles. The van der Waals surface area contributed by atoms with Crippen LogP contribution in [0.3, 0.4) is 0 Å². The Morgan fingerprint density at radius 3 is 1.56 bits per heavy atom. The summed E-state index contributed by atoms with van der Waals surface area (Å²) in [6.07, 6.45) is -0.218. The molecule has 0 fully saturated rings. The first-order chi connectivity index (χ1) is 15.8. The van der Waals surface area contributed by atoms with Gasteiger partial charge in [0.1, 0.15) is 23.3 Å². The standard InChI is InChI=1S/C27H36N2O5/c1-26(2,3)33-24(31)22(18-20-15-11-8-12-16-20)28-23(30)21(17-19-13-9-7-10-14-19)29-25(32)34-27(4,5)6/h7-16,21-22H,17-18H2,1-6H3,(H,28,30)(H,29,32)/t21-,22-/m0/s1. The highest BCUT2D eigenvalue weighted by Gasteiger charge is 2.31. The van der Waals surface area contributed by atoms with Crippen LogP contribution in [0.25, 0.3) is 0 Å². The van der Waals surface area contributed by atoms with Crippen LogP contribution >= 0.6 is 0 Å². The fraction of sp³-hybridized carbons (Fsp3) is 0.444. The van der Waals surface area contributed by atoms with E-state index in [9.17, 15) is 14.4 Å². The summed E-state index contributed by atoms with van der Waals surface area (Å²) in [5, 5.41) is 5.45. The Hall–Kier alpha value is -3.35. The summed E-state index contributed by atoms with van der Waals surface area (Å²) in [6.45, 7) is 10.6. The summed E-state index contributed by atoms with van der Waals surface area (Å²) in [6, 6.07) is 16.8. The minimum Gasteiger partial charge on any atom is -0.458 e. The zero-order chi connectivity index (χ0) is 25.4. The zero-order valence-electron chi connectivity index (χ0n) is 20.9. The molecule has 34 heavy (non-hydrogen) atoms. The second-order valence-corrected chi connectivity index (χ2v) is 10.2. The molecule has 0 heterocycles. The number of rotatable bonds is 8. The van der Waals surface area contributed by atoms with Crippen LogP contribution in [0.4, 0.5) is 4.79 Å². The van der Waals surface area contributed by atoms with Gasteiger partial charge in [-0.2, -0.15) is 0 Å². The molecule has 0 saturated carbocycles. The summed E-state index contributed by atoms with van der Waals surface area (Å²) in [5.41, 5.74) is 0.299. The molecule has 0 radical (unpaired) electrons. The second-order valence-electron chi connectivity index (χ2n) is 10.2. The molecule has 2 aromatic carbocycles. The first-order valence-corrected chi connectivity index (χ1v) is 11.4. The first kappa shape index (κ1) is 26.9. The normalized spacial score (nSPS) is 13.4. The highest BCUT2D eigenvalue weighted by atomic mass is 16.6. The van der Waals surface area contributed by atoms with Gasteiger partial charge in [-0.15, -0.1) is 0 Å². The Morgan fingerprint density at radius 1 is 0.676 bits per heavy atom. The molecule has 0 spiro atoms. The van der Waals surface area contributed by atoms with Crippen molar-refractivity contribution in [1.82, 2.24) is 10.6 Å². The van der Waals surface area contributed by atoms with Crippen molar-refractivity contribution in [2.45, 2.75) is 77.7 Å². The molecule has 0 aliphatic rings. The summed E-state index contributed by atoms with van der Waals surface area (Å²) in [5.74, 6) is -1.04. The van der Waals surface area contributed by atoms with Crippen molar-refractivity contribution in [3.05, 3.63) is 71.8 Å². The van der Waals surface area contributed by atoms with Gasteiger partial charge in [0.2, 0.25) is 5.91 Å². The van der Waals surface area contributed by atoms with E-state index in [1.807, 2.05) is 60.7 Å². The average molecular weight is 469 g/mol. The molecule has 0 aliphatic carbocycles. The first-order valence-electron chi connectivity index (χ1n) is 11.4. The van der Waals surface area contributed by atoms with Crippen LogP contribution in [0.5, 0.6) is 0 Å². The summed E-state index contributed by atoms with van der Waals surface area (Å²) in [7, 11) is 0.